The van der Waals surface area contributed by atoms with Crippen molar-refractivity contribution in [2.45, 2.75) is 77.1 Å². The van der Waals surface area contributed by atoms with Crippen LogP contribution in [0.5, 0.6) is 5.75 Å². The first-order chi connectivity index (χ1) is 27.5. The number of hydrogen-bond acceptors (Lipinski definition) is 9. The van der Waals surface area contributed by atoms with Crippen molar-refractivity contribution in [3.63, 3.8) is 0 Å². The third-order valence-corrected chi connectivity index (χ3v) is 11.2. The molecule has 3 aromatic carbocycles. The summed E-state index contributed by atoms with van der Waals surface area (Å²) in [6, 6.07) is 14.5. The zero-order chi connectivity index (χ0) is 41.9. The molecule has 3 heterocycles. The van der Waals surface area contributed by atoms with Crippen LogP contribution in [0.2, 0.25) is 5.02 Å². The maximum absolute atomic E-state index is 13.8. The number of benzene rings is 3. The number of hydrogen-bond donors (Lipinski definition) is 3. The Morgan fingerprint density at radius 2 is 1.74 bits per heavy atom. The van der Waals surface area contributed by atoms with Crippen molar-refractivity contribution < 1.29 is 37.1 Å². The summed E-state index contributed by atoms with van der Waals surface area (Å²) in [4.78, 5) is 55.1. The van der Waals surface area contributed by atoms with Gasteiger partial charge in [-0.25, -0.2) is 0 Å². The predicted molar refractivity (Wildman–Crippen MR) is 218 cm³/mol. The molecule has 3 saturated heterocycles. The van der Waals surface area contributed by atoms with Gasteiger partial charge in [0.1, 0.15) is 17.3 Å². The number of amides is 4. The number of thiocarbonyl (C=S) groups is 1. The standard InChI is InChI=1S/C41H43ClF3N7O5S/c1-4-25-17-31(52-39(58)51(38(56)40(52,2)3)30-6-5-26(22-46)32(21-30)41(43,44)45)7-9-34(25)57-16-13-24-11-14-50(15-12-24)23-36(54)48-29-19-27(42)18-28(20-29)47-33-8-10-35(53)49-37(33)55/h5-7,9,17-21,24,33,47H,4,8,10-16,23H2,1-3H3,(H,48,54)(H,49,53,55). The normalized spacial score (nSPS) is 18.9. The molecular weight excluding hydrogens is 795 g/mol. The molecule has 3 N–H and O–H groups in total. The maximum atomic E-state index is 13.8. The summed E-state index contributed by atoms with van der Waals surface area (Å²) >= 11 is 12.0. The van der Waals surface area contributed by atoms with Gasteiger partial charge in [0.15, 0.2) is 5.11 Å². The lowest BCUT2D eigenvalue weighted by molar-refractivity contribution is -0.138. The number of ether oxygens (including phenoxy) is 1. The highest BCUT2D eigenvalue weighted by atomic mass is 35.5. The van der Waals surface area contributed by atoms with Crippen LogP contribution in [0.1, 0.15) is 69.6 Å². The molecule has 1 atom stereocenters. The molecule has 1 unspecified atom stereocenters. The van der Waals surface area contributed by atoms with E-state index in [4.69, 9.17) is 28.6 Å². The van der Waals surface area contributed by atoms with Crippen LogP contribution in [0.4, 0.5) is 35.9 Å². The van der Waals surface area contributed by atoms with Crippen molar-refractivity contribution in [1.82, 2.24) is 10.2 Å². The fourth-order valence-electron chi connectivity index (χ4n) is 7.53. The fraction of sp³-hybridized carbons (Fsp3) is 0.415. The van der Waals surface area contributed by atoms with Gasteiger partial charge in [0, 0.05) is 28.5 Å². The van der Waals surface area contributed by atoms with Gasteiger partial charge in [0.25, 0.3) is 5.91 Å². The van der Waals surface area contributed by atoms with Gasteiger partial charge in [-0.3, -0.25) is 34.3 Å². The Labute approximate surface area is 344 Å². The number of rotatable bonds is 12. The largest absolute Gasteiger partial charge is 0.493 e. The number of nitrogens with one attached hydrogen (secondary N) is 3. The van der Waals surface area contributed by atoms with E-state index in [9.17, 15) is 37.6 Å². The first kappa shape index (κ1) is 42.4. The van der Waals surface area contributed by atoms with Crippen molar-refractivity contribution in [1.29, 1.82) is 5.26 Å². The van der Waals surface area contributed by atoms with Crippen LogP contribution in [-0.2, 0) is 31.8 Å². The highest BCUT2D eigenvalue weighted by molar-refractivity contribution is 7.81. The molecule has 3 aliphatic heterocycles. The van der Waals surface area contributed by atoms with E-state index < -0.39 is 40.7 Å². The molecule has 306 valence electrons. The van der Waals surface area contributed by atoms with Gasteiger partial charge in [-0.1, -0.05) is 18.5 Å². The van der Waals surface area contributed by atoms with E-state index in [1.54, 1.807) is 49.1 Å². The van der Waals surface area contributed by atoms with E-state index in [1.807, 2.05) is 19.1 Å². The van der Waals surface area contributed by atoms with Gasteiger partial charge >= 0.3 is 6.18 Å². The number of nitrogens with zero attached hydrogens (tertiary/aromatic N) is 4. The number of alkyl halides is 3. The summed E-state index contributed by atoms with van der Waals surface area (Å²) in [5, 5.41) is 17.9. The summed E-state index contributed by atoms with van der Waals surface area (Å²) < 4.78 is 47.5. The van der Waals surface area contributed by atoms with E-state index in [-0.39, 0.29) is 35.6 Å². The van der Waals surface area contributed by atoms with E-state index >= 15 is 0 Å². The van der Waals surface area contributed by atoms with Crippen molar-refractivity contribution >= 4 is 75.3 Å². The van der Waals surface area contributed by atoms with Gasteiger partial charge in [-0.05, 0) is 137 Å². The number of imide groups is 1. The minimum atomic E-state index is -4.80. The molecule has 3 fully saturated rings. The molecule has 3 aliphatic rings. The van der Waals surface area contributed by atoms with Gasteiger partial charge in [0.2, 0.25) is 17.7 Å². The quantitative estimate of drug-likeness (QED) is 0.128. The van der Waals surface area contributed by atoms with Crippen molar-refractivity contribution in [2.75, 3.05) is 46.7 Å². The van der Waals surface area contributed by atoms with E-state index in [0.717, 1.165) is 54.9 Å². The first-order valence-electron chi connectivity index (χ1n) is 19.0. The number of anilines is 4. The monoisotopic (exact) mass is 837 g/mol. The molecule has 0 radical (unpaired) electrons. The molecule has 3 aromatic rings. The van der Waals surface area contributed by atoms with Gasteiger partial charge in [-0.2, -0.15) is 18.4 Å². The minimum absolute atomic E-state index is 0.0188. The number of aryl methyl sites for hydroxylation is 1. The summed E-state index contributed by atoms with van der Waals surface area (Å²) in [5.41, 5.74) is -0.468. The van der Waals surface area contributed by atoms with Crippen LogP contribution in [0.15, 0.2) is 54.6 Å². The molecular formula is C41H43ClF3N7O5S. The molecule has 0 aliphatic carbocycles. The van der Waals surface area contributed by atoms with Crippen LogP contribution in [-0.4, -0.2) is 71.5 Å². The van der Waals surface area contributed by atoms with Crippen molar-refractivity contribution in [3.05, 3.63) is 76.3 Å². The van der Waals surface area contributed by atoms with Crippen LogP contribution in [0.3, 0.4) is 0 Å². The molecule has 17 heteroatoms. The second-order valence-electron chi connectivity index (χ2n) is 15.1. The summed E-state index contributed by atoms with van der Waals surface area (Å²) in [5.74, 6) is -0.316. The number of piperidine rings is 2. The van der Waals surface area contributed by atoms with Crippen LogP contribution >= 0.6 is 23.8 Å². The van der Waals surface area contributed by atoms with Gasteiger partial charge in [0.05, 0.1) is 36.0 Å². The smallest absolute Gasteiger partial charge is 0.417 e. The Balaban J connectivity index is 1.00. The molecule has 0 aromatic heterocycles. The van der Waals surface area contributed by atoms with Crippen LogP contribution < -0.4 is 30.5 Å². The van der Waals surface area contributed by atoms with Crippen LogP contribution in [0.25, 0.3) is 0 Å². The molecule has 6 rings (SSSR count). The molecule has 0 spiro atoms. The SMILES string of the molecule is CCc1cc(N2C(=S)N(c3ccc(C#N)c(C(F)(F)F)c3)C(=O)C2(C)C)ccc1OCCC1CCN(CC(=O)Nc2cc(Cl)cc(NC3CCC(=O)NC3=O)c2)CC1. The summed E-state index contributed by atoms with van der Waals surface area (Å²) in [6.07, 6.45) is -0.995. The molecule has 58 heavy (non-hydrogen) atoms. The Kier molecular flexibility index (Phi) is 12.6. The minimum Gasteiger partial charge on any atom is -0.493 e. The third-order valence-electron chi connectivity index (χ3n) is 10.7. The Morgan fingerprint density at radius 1 is 1.03 bits per heavy atom. The van der Waals surface area contributed by atoms with Crippen molar-refractivity contribution in [3.8, 4) is 11.8 Å². The molecule has 4 amide bonds. The predicted octanol–water partition coefficient (Wildman–Crippen LogP) is 7.05. The second-order valence-corrected chi connectivity index (χ2v) is 15.9. The average molecular weight is 838 g/mol. The Bertz CT molecular complexity index is 2170. The number of nitriles is 1. The second kappa shape index (κ2) is 17.3. The summed E-state index contributed by atoms with van der Waals surface area (Å²) in [6.45, 7) is 7.45. The lowest BCUT2D eigenvalue weighted by atomic mass is 9.94. The molecule has 12 nitrogen and oxygen atoms in total. The molecule has 0 bridgehead atoms. The zero-order valence-electron chi connectivity index (χ0n) is 32.2. The number of carbonyl (C=O) groups excluding carboxylic acids is 4. The lowest BCUT2D eigenvalue weighted by Gasteiger charge is -2.31. The number of carbonyl (C=O) groups is 4. The first-order valence-corrected chi connectivity index (χ1v) is 19.8. The maximum Gasteiger partial charge on any atom is 0.417 e. The van der Waals surface area contributed by atoms with Crippen molar-refractivity contribution in [2.24, 2.45) is 5.92 Å². The zero-order valence-corrected chi connectivity index (χ0v) is 33.7. The summed E-state index contributed by atoms with van der Waals surface area (Å²) in [7, 11) is 0. The lowest BCUT2D eigenvalue weighted by Crippen LogP contribution is -2.47. The topological polar surface area (TPSA) is 147 Å². The Morgan fingerprint density at radius 3 is 2.41 bits per heavy atom. The average Bonchev–Trinajstić information content (AvgIpc) is 3.34. The number of halogens is 4. The van der Waals surface area contributed by atoms with Crippen LogP contribution in [0, 0.1) is 17.2 Å². The highest BCUT2D eigenvalue weighted by Gasteiger charge is 2.51. The number of likely N-dealkylation sites (tertiary alicyclic amines) is 1. The van der Waals surface area contributed by atoms with E-state index in [2.05, 4.69) is 20.9 Å². The van der Waals surface area contributed by atoms with Gasteiger partial charge < -0.3 is 20.3 Å². The van der Waals surface area contributed by atoms with E-state index in [0.29, 0.717) is 53.2 Å². The Hall–Kier alpha value is -5.24. The van der Waals surface area contributed by atoms with E-state index in [1.165, 1.54) is 6.07 Å². The highest BCUT2D eigenvalue weighted by Crippen LogP contribution is 2.41. The fourth-order valence-corrected chi connectivity index (χ4v) is 8.29. The molecule has 0 saturated carbocycles. The third kappa shape index (κ3) is 9.38. The van der Waals surface area contributed by atoms with Gasteiger partial charge in [-0.15, -0.1) is 0 Å².